The van der Waals surface area contributed by atoms with E-state index < -0.39 is 29.3 Å². The Labute approximate surface area is 237 Å². The number of hydrogen-bond donors (Lipinski definition) is 5. The van der Waals surface area contributed by atoms with Crippen LogP contribution in [0.5, 0.6) is 0 Å². The van der Waals surface area contributed by atoms with Crippen LogP contribution in [-0.2, 0) is 14.4 Å². The van der Waals surface area contributed by atoms with Gasteiger partial charge in [-0.25, -0.2) is 0 Å². The van der Waals surface area contributed by atoms with Crippen LogP contribution in [0.3, 0.4) is 0 Å². The Hall–Kier alpha value is -1.93. The first kappa shape index (κ1) is 37.1. The van der Waals surface area contributed by atoms with Crippen LogP contribution in [-0.4, -0.2) is 58.9 Å². The summed E-state index contributed by atoms with van der Waals surface area (Å²) in [7, 11) is 0. The number of amides is 2. The van der Waals surface area contributed by atoms with E-state index in [0.717, 1.165) is 25.7 Å². The van der Waals surface area contributed by atoms with Gasteiger partial charge in [-0.1, -0.05) is 90.7 Å². The molecule has 0 aliphatic carbocycles. The standard InChI is InChI=1S/C31H58N2O6/c1-4-5-6-7-8-9-10-11-12-13-14-15-16-17-18-22-27(35)32-23-20-19-21-26(30(38)39)24-33-29(37)28(36)31(2,3)25-34/h11-12,26,28,34,36H,4-10,13-25H2,1-3H3,(H,32,35)(H,33,37)(H,38,39)/b12-11-. The zero-order chi connectivity index (χ0) is 29.4. The SMILES string of the molecule is CCCCCCCC/C=C\CCCCCCCC(=O)NCCCCC(CNC(=O)C(O)C(C)(C)CO)C(=O)O. The van der Waals surface area contributed by atoms with Crippen LogP contribution in [0.1, 0.15) is 130 Å². The molecular weight excluding hydrogens is 496 g/mol. The summed E-state index contributed by atoms with van der Waals surface area (Å²) in [5.41, 5.74) is -1.01. The molecule has 2 atom stereocenters. The highest BCUT2D eigenvalue weighted by Crippen LogP contribution is 2.20. The van der Waals surface area contributed by atoms with Gasteiger partial charge in [0.25, 0.3) is 0 Å². The molecule has 0 heterocycles. The van der Waals surface area contributed by atoms with Crippen molar-refractivity contribution in [2.45, 2.75) is 136 Å². The lowest BCUT2D eigenvalue weighted by Gasteiger charge is -2.27. The van der Waals surface area contributed by atoms with E-state index in [1.807, 2.05) is 0 Å². The summed E-state index contributed by atoms with van der Waals surface area (Å²) in [5, 5.41) is 34.1. The van der Waals surface area contributed by atoms with Crippen LogP contribution in [0.15, 0.2) is 12.2 Å². The van der Waals surface area contributed by atoms with Crippen molar-refractivity contribution >= 4 is 17.8 Å². The summed E-state index contributed by atoms with van der Waals surface area (Å²) >= 11 is 0. The number of allylic oxidation sites excluding steroid dienone is 2. The highest BCUT2D eigenvalue weighted by molar-refractivity contribution is 5.82. The lowest BCUT2D eigenvalue weighted by atomic mass is 9.87. The highest BCUT2D eigenvalue weighted by atomic mass is 16.4. The van der Waals surface area contributed by atoms with Crippen molar-refractivity contribution in [1.82, 2.24) is 10.6 Å². The molecule has 0 bridgehead atoms. The second-order valence-electron chi connectivity index (χ2n) is 11.5. The van der Waals surface area contributed by atoms with Crippen molar-refractivity contribution in [2.75, 3.05) is 19.7 Å². The number of aliphatic carboxylic acids is 1. The monoisotopic (exact) mass is 554 g/mol. The second kappa shape index (κ2) is 23.9. The van der Waals surface area contributed by atoms with Gasteiger partial charge in [-0.3, -0.25) is 14.4 Å². The van der Waals surface area contributed by atoms with Crippen LogP contribution in [0, 0.1) is 11.3 Å². The number of aliphatic hydroxyl groups is 2. The zero-order valence-electron chi connectivity index (χ0n) is 25.0. The molecule has 0 aromatic rings. The van der Waals surface area contributed by atoms with Gasteiger partial charge >= 0.3 is 5.97 Å². The number of unbranched alkanes of at least 4 members (excludes halogenated alkanes) is 12. The number of carboxylic acids is 1. The number of carbonyl (C=O) groups is 3. The van der Waals surface area contributed by atoms with Crippen LogP contribution in [0.25, 0.3) is 0 Å². The summed E-state index contributed by atoms with van der Waals surface area (Å²) in [6.07, 6.45) is 21.3. The molecule has 5 N–H and O–H groups in total. The number of carboxylic acid groups (broad SMARTS) is 1. The Balaban J connectivity index is 3.74. The predicted octanol–water partition coefficient (Wildman–Crippen LogP) is 5.51. The number of carbonyl (C=O) groups excluding carboxylic acids is 2. The summed E-state index contributed by atoms with van der Waals surface area (Å²) in [6.45, 7) is 5.41. The third-order valence-electron chi connectivity index (χ3n) is 7.24. The Morgan fingerprint density at radius 3 is 1.92 bits per heavy atom. The van der Waals surface area contributed by atoms with E-state index in [9.17, 15) is 29.7 Å². The van der Waals surface area contributed by atoms with E-state index in [0.29, 0.717) is 32.2 Å². The van der Waals surface area contributed by atoms with Gasteiger partial charge in [0.15, 0.2) is 0 Å². The van der Waals surface area contributed by atoms with Crippen molar-refractivity contribution in [3.05, 3.63) is 12.2 Å². The maximum atomic E-state index is 12.1. The number of aliphatic hydroxyl groups excluding tert-OH is 2. The number of rotatable bonds is 26. The molecular formula is C31H58N2O6. The fourth-order valence-electron chi connectivity index (χ4n) is 4.26. The maximum Gasteiger partial charge on any atom is 0.308 e. The van der Waals surface area contributed by atoms with E-state index in [4.69, 9.17) is 0 Å². The number of hydrogen-bond acceptors (Lipinski definition) is 5. The molecule has 0 saturated heterocycles. The summed E-state index contributed by atoms with van der Waals surface area (Å²) in [5.74, 6) is -2.44. The summed E-state index contributed by atoms with van der Waals surface area (Å²) in [6, 6.07) is 0. The topological polar surface area (TPSA) is 136 Å². The second-order valence-corrected chi connectivity index (χ2v) is 11.5. The molecule has 0 saturated carbocycles. The average Bonchev–Trinajstić information content (AvgIpc) is 2.91. The first-order valence-electron chi connectivity index (χ1n) is 15.4. The van der Waals surface area contributed by atoms with Gasteiger partial charge in [-0.05, 0) is 44.9 Å². The molecule has 2 unspecified atom stereocenters. The van der Waals surface area contributed by atoms with Crippen molar-refractivity contribution in [1.29, 1.82) is 0 Å². The molecule has 0 aromatic carbocycles. The van der Waals surface area contributed by atoms with Crippen molar-refractivity contribution in [3.8, 4) is 0 Å². The third kappa shape index (κ3) is 20.6. The van der Waals surface area contributed by atoms with Crippen LogP contribution >= 0.6 is 0 Å². The molecule has 8 nitrogen and oxygen atoms in total. The van der Waals surface area contributed by atoms with E-state index >= 15 is 0 Å². The minimum absolute atomic E-state index is 0.0372. The van der Waals surface area contributed by atoms with Crippen molar-refractivity contribution < 1.29 is 29.7 Å². The fraction of sp³-hybridized carbons (Fsp3) is 0.839. The molecule has 0 fully saturated rings. The van der Waals surface area contributed by atoms with E-state index in [1.54, 1.807) is 13.8 Å². The molecule has 0 aliphatic rings. The largest absolute Gasteiger partial charge is 0.481 e. The Bertz CT molecular complexity index is 680. The van der Waals surface area contributed by atoms with Gasteiger partial charge < -0.3 is 26.0 Å². The molecule has 0 aromatic heterocycles. The maximum absolute atomic E-state index is 12.1. The molecule has 0 rings (SSSR count). The van der Waals surface area contributed by atoms with Gasteiger partial charge in [0.1, 0.15) is 6.10 Å². The van der Waals surface area contributed by atoms with Crippen LogP contribution in [0.2, 0.25) is 0 Å². The zero-order valence-corrected chi connectivity index (χ0v) is 25.0. The van der Waals surface area contributed by atoms with Crippen molar-refractivity contribution in [2.24, 2.45) is 11.3 Å². The van der Waals surface area contributed by atoms with E-state index in [1.165, 1.54) is 57.8 Å². The normalized spacial score (nSPS) is 13.4. The smallest absolute Gasteiger partial charge is 0.308 e. The molecule has 39 heavy (non-hydrogen) atoms. The first-order chi connectivity index (χ1) is 18.7. The lowest BCUT2D eigenvalue weighted by Crippen LogP contribution is -2.47. The minimum atomic E-state index is -1.42. The van der Waals surface area contributed by atoms with Gasteiger partial charge in [-0.15, -0.1) is 0 Å². The molecule has 0 radical (unpaired) electrons. The highest BCUT2D eigenvalue weighted by Gasteiger charge is 2.33. The molecule has 2 amide bonds. The van der Waals surface area contributed by atoms with Crippen LogP contribution < -0.4 is 10.6 Å². The first-order valence-corrected chi connectivity index (χ1v) is 15.4. The molecule has 0 spiro atoms. The summed E-state index contributed by atoms with van der Waals surface area (Å²) < 4.78 is 0. The minimum Gasteiger partial charge on any atom is -0.481 e. The van der Waals surface area contributed by atoms with Gasteiger partial charge in [-0.2, -0.15) is 0 Å². The quantitative estimate of drug-likeness (QED) is 0.0707. The third-order valence-corrected chi connectivity index (χ3v) is 7.24. The van der Waals surface area contributed by atoms with E-state index in [2.05, 4.69) is 29.7 Å². The summed E-state index contributed by atoms with van der Waals surface area (Å²) in [4.78, 5) is 35.6. The van der Waals surface area contributed by atoms with Gasteiger partial charge in [0.2, 0.25) is 11.8 Å². The van der Waals surface area contributed by atoms with E-state index in [-0.39, 0.29) is 19.1 Å². The number of nitrogens with one attached hydrogen (secondary N) is 2. The molecule has 228 valence electrons. The average molecular weight is 555 g/mol. The van der Waals surface area contributed by atoms with Crippen LogP contribution in [0.4, 0.5) is 0 Å². The lowest BCUT2D eigenvalue weighted by molar-refractivity contribution is -0.143. The molecule has 8 heteroatoms. The molecule has 0 aliphatic heterocycles. The van der Waals surface area contributed by atoms with Gasteiger partial charge in [0.05, 0.1) is 12.5 Å². The van der Waals surface area contributed by atoms with Gasteiger partial charge in [0, 0.05) is 24.9 Å². The Kier molecular flexibility index (Phi) is 22.7. The van der Waals surface area contributed by atoms with Crippen molar-refractivity contribution in [3.63, 3.8) is 0 Å². The Morgan fingerprint density at radius 2 is 1.36 bits per heavy atom. The fourth-order valence-corrected chi connectivity index (χ4v) is 4.26. The Morgan fingerprint density at radius 1 is 0.795 bits per heavy atom. The predicted molar refractivity (Wildman–Crippen MR) is 157 cm³/mol.